The molecule has 0 aromatic heterocycles. The fourth-order valence-corrected chi connectivity index (χ4v) is 3.45. The Morgan fingerprint density at radius 1 is 1.00 bits per heavy atom. The highest BCUT2D eigenvalue weighted by molar-refractivity contribution is 6.01. The second kappa shape index (κ2) is 9.32. The van der Waals surface area contributed by atoms with Crippen molar-refractivity contribution in [1.29, 1.82) is 0 Å². The van der Waals surface area contributed by atoms with Crippen molar-refractivity contribution >= 4 is 29.7 Å². The first kappa shape index (κ1) is 20.5. The Morgan fingerprint density at radius 3 is 2.24 bits per heavy atom. The van der Waals surface area contributed by atoms with Gasteiger partial charge in [0.1, 0.15) is 5.82 Å². The highest BCUT2D eigenvalue weighted by Gasteiger charge is 2.39. The van der Waals surface area contributed by atoms with Crippen LogP contribution < -0.4 is 0 Å². The van der Waals surface area contributed by atoms with Gasteiger partial charge in [-0.25, -0.2) is 4.39 Å². The molecule has 1 aliphatic rings. The molecule has 0 saturated carbocycles. The van der Waals surface area contributed by atoms with Gasteiger partial charge in [-0.15, -0.1) is 0 Å². The van der Waals surface area contributed by atoms with E-state index in [0.29, 0.717) is 0 Å². The number of hydrogen-bond acceptors (Lipinski definition) is 4. The van der Waals surface area contributed by atoms with E-state index in [-0.39, 0.29) is 19.0 Å². The van der Waals surface area contributed by atoms with Crippen LogP contribution in [0.15, 0.2) is 54.6 Å². The third kappa shape index (κ3) is 4.62. The Morgan fingerprint density at radius 2 is 1.62 bits per heavy atom. The van der Waals surface area contributed by atoms with Gasteiger partial charge in [0.05, 0.1) is 13.2 Å². The number of fused-ring (bicyclic) bond motifs is 1. The maximum absolute atomic E-state index is 13.3. The van der Waals surface area contributed by atoms with Gasteiger partial charge in [0.15, 0.2) is 5.92 Å². The molecule has 0 amide bonds. The lowest BCUT2D eigenvalue weighted by molar-refractivity contribution is -0.162. The molecule has 0 bridgehead atoms. The van der Waals surface area contributed by atoms with E-state index < -0.39 is 23.8 Å². The van der Waals surface area contributed by atoms with Crippen LogP contribution in [0, 0.1) is 17.7 Å². The van der Waals surface area contributed by atoms with Crippen LogP contribution in [0.4, 0.5) is 4.39 Å². The SMILES string of the molecule is CCOC(=O)C(C(=O)OCC)C1C=Cc2ccccc2/C1=C/c1ccc(F)cc1. The Hall–Kier alpha value is -3.21. The largest absolute Gasteiger partial charge is 0.465 e. The number of carbonyl (C=O) groups excluding carboxylic acids is 2. The molecule has 2 aromatic carbocycles. The van der Waals surface area contributed by atoms with Gasteiger partial charge < -0.3 is 9.47 Å². The zero-order chi connectivity index (χ0) is 20.8. The standard InChI is InChI=1S/C24H23FO4/c1-3-28-23(26)22(24(27)29-4-2)20-14-11-17-7-5-6-8-19(17)21(20)15-16-9-12-18(25)13-10-16/h5-15,20,22H,3-4H2,1-2H3/b21-15-. The van der Waals surface area contributed by atoms with Gasteiger partial charge in [-0.3, -0.25) is 9.59 Å². The smallest absolute Gasteiger partial charge is 0.321 e. The summed E-state index contributed by atoms with van der Waals surface area (Å²) in [5, 5.41) is 0. The zero-order valence-electron chi connectivity index (χ0n) is 16.4. The van der Waals surface area contributed by atoms with E-state index in [2.05, 4.69) is 0 Å². The summed E-state index contributed by atoms with van der Waals surface area (Å²) in [6.45, 7) is 3.72. The number of allylic oxidation sites excluding steroid dienone is 2. The van der Waals surface area contributed by atoms with Crippen LogP contribution in [0.25, 0.3) is 17.7 Å². The Labute approximate surface area is 169 Å². The fraction of sp³-hybridized carbons (Fsp3) is 0.250. The van der Waals surface area contributed by atoms with Crippen molar-refractivity contribution in [2.45, 2.75) is 13.8 Å². The number of ether oxygens (including phenoxy) is 2. The van der Waals surface area contributed by atoms with Gasteiger partial charge in [-0.05, 0) is 48.2 Å². The molecule has 0 aliphatic heterocycles. The number of esters is 2. The first-order valence-electron chi connectivity index (χ1n) is 9.63. The number of hydrogen-bond donors (Lipinski definition) is 0. The van der Waals surface area contributed by atoms with E-state index in [9.17, 15) is 14.0 Å². The van der Waals surface area contributed by atoms with Gasteiger partial charge in [0, 0.05) is 5.92 Å². The summed E-state index contributed by atoms with van der Waals surface area (Å²) in [6.07, 6.45) is 5.60. The van der Waals surface area contributed by atoms with Gasteiger partial charge in [0.25, 0.3) is 0 Å². The molecule has 0 heterocycles. The molecule has 0 fully saturated rings. The molecule has 5 heteroatoms. The summed E-state index contributed by atoms with van der Waals surface area (Å²) in [5.74, 6) is -3.25. The molecule has 0 spiro atoms. The lowest BCUT2D eigenvalue weighted by atomic mass is 9.76. The first-order chi connectivity index (χ1) is 14.0. The molecule has 1 unspecified atom stereocenters. The van der Waals surface area contributed by atoms with Crippen molar-refractivity contribution in [2.24, 2.45) is 11.8 Å². The van der Waals surface area contributed by atoms with Crippen LogP contribution >= 0.6 is 0 Å². The van der Waals surface area contributed by atoms with Crippen molar-refractivity contribution in [3.8, 4) is 0 Å². The van der Waals surface area contributed by atoms with E-state index in [0.717, 1.165) is 22.3 Å². The van der Waals surface area contributed by atoms with Crippen LogP contribution in [0.3, 0.4) is 0 Å². The van der Waals surface area contributed by atoms with Crippen LogP contribution in [-0.2, 0) is 19.1 Å². The summed E-state index contributed by atoms with van der Waals surface area (Å²) >= 11 is 0. The van der Waals surface area contributed by atoms with Crippen LogP contribution in [0.1, 0.15) is 30.5 Å². The highest BCUT2D eigenvalue weighted by atomic mass is 19.1. The molecule has 1 atom stereocenters. The van der Waals surface area contributed by atoms with Crippen molar-refractivity contribution < 1.29 is 23.5 Å². The molecule has 4 nitrogen and oxygen atoms in total. The zero-order valence-corrected chi connectivity index (χ0v) is 16.4. The molecule has 0 N–H and O–H groups in total. The van der Waals surface area contributed by atoms with Gasteiger partial charge in [0.2, 0.25) is 0 Å². The Kier molecular flexibility index (Phi) is 6.60. The molecule has 1 aliphatic carbocycles. The topological polar surface area (TPSA) is 52.6 Å². The average Bonchev–Trinajstić information content (AvgIpc) is 2.71. The van der Waals surface area contributed by atoms with Crippen molar-refractivity contribution in [3.05, 3.63) is 77.1 Å². The van der Waals surface area contributed by atoms with E-state index in [1.165, 1.54) is 12.1 Å². The van der Waals surface area contributed by atoms with Crippen LogP contribution in [0.5, 0.6) is 0 Å². The molecule has 29 heavy (non-hydrogen) atoms. The Bertz CT molecular complexity index is 926. The van der Waals surface area contributed by atoms with E-state index in [4.69, 9.17) is 9.47 Å². The fourth-order valence-electron chi connectivity index (χ4n) is 3.45. The lowest BCUT2D eigenvalue weighted by Gasteiger charge is -2.28. The van der Waals surface area contributed by atoms with E-state index in [1.807, 2.05) is 42.5 Å². The molecular formula is C24H23FO4. The van der Waals surface area contributed by atoms with E-state index >= 15 is 0 Å². The number of benzene rings is 2. The van der Waals surface area contributed by atoms with Gasteiger partial charge in [-0.1, -0.05) is 54.6 Å². The minimum Gasteiger partial charge on any atom is -0.465 e. The van der Waals surface area contributed by atoms with Crippen molar-refractivity contribution in [1.82, 2.24) is 0 Å². The molecule has 3 rings (SSSR count). The predicted molar refractivity (Wildman–Crippen MR) is 110 cm³/mol. The molecule has 0 saturated heterocycles. The summed E-state index contributed by atoms with van der Waals surface area (Å²) in [4.78, 5) is 25.4. The minimum absolute atomic E-state index is 0.165. The maximum atomic E-state index is 13.3. The quantitative estimate of drug-likeness (QED) is 0.524. The van der Waals surface area contributed by atoms with Gasteiger partial charge in [-0.2, -0.15) is 0 Å². The van der Waals surface area contributed by atoms with E-state index in [1.54, 1.807) is 26.0 Å². The first-order valence-corrected chi connectivity index (χ1v) is 9.63. The Balaban J connectivity index is 2.12. The average molecular weight is 394 g/mol. The predicted octanol–water partition coefficient (Wildman–Crippen LogP) is 4.75. The molecule has 0 radical (unpaired) electrons. The number of halogens is 1. The third-order valence-corrected chi connectivity index (χ3v) is 4.75. The van der Waals surface area contributed by atoms with Crippen LogP contribution in [-0.4, -0.2) is 25.2 Å². The number of rotatable bonds is 6. The van der Waals surface area contributed by atoms with Crippen molar-refractivity contribution in [2.75, 3.05) is 13.2 Å². The second-order valence-corrected chi connectivity index (χ2v) is 6.61. The molecule has 150 valence electrons. The summed E-state index contributed by atoms with van der Waals surface area (Å²) in [6, 6.07) is 13.8. The van der Waals surface area contributed by atoms with Gasteiger partial charge >= 0.3 is 11.9 Å². The third-order valence-electron chi connectivity index (χ3n) is 4.75. The number of carbonyl (C=O) groups is 2. The second-order valence-electron chi connectivity index (χ2n) is 6.61. The highest BCUT2D eigenvalue weighted by Crippen LogP contribution is 2.39. The maximum Gasteiger partial charge on any atom is 0.321 e. The summed E-state index contributed by atoms with van der Waals surface area (Å²) in [5.41, 5.74) is 3.43. The minimum atomic E-state index is -1.12. The summed E-state index contributed by atoms with van der Waals surface area (Å²) in [7, 11) is 0. The van der Waals surface area contributed by atoms with Crippen LogP contribution in [0.2, 0.25) is 0 Å². The summed E-state index contributed by atoms with van der Waals surface area (Å²) < 4.78 is 23.7. The monoisotopic (exact) mass is 394 g/mol. The lowest BCUT2D eigenvalue weighted by Crippen LogP contribution is -2.35. The molecular weight excluding hydrogens is 371 g/mol. The molecule has 2 aromatic rings. The normalized spacial score (nSPS) is 16.6. The van der Waals surface area contributed by atoms with Crippen molar-refractivity contribution in [3.63, 3.8) is 0 Å².